The zero-order valence-electron chi connectivity index (χ0n) is 4.97. The average molecular weight is 206 g/mol. The van der Waals surface area contributed by atoms with Gasteiger partial charge in [0.2, 0.25) is 0 Å². The van der Waals surface area contributed by atoms with E-state index in [1.165, 1.54) is 12.2 Å². The van der Waals surface area contributed by atoms with E-state index in [1.54, 1.807) is 0 Å². The van der Waals surface area contributed by atoms with Crippen molar-refractivity contribution in [2.24, 2.45) is 0 Å². The summed E-state index contributed by atoms with van der Waals surface area (Å²) in [5, 5.41) is 2.52. The highest BCUT2D eigenvalue weighted by molar-refractivity contribution is 9.10. The van der Waals surface area contributed by atoms with Crippen LogP contribution in [0.2, 0.25) is 0 Å². The van der Waals surface area contributed by atoms with Crippen LogP contribution in [0.15, 0.2) is 24.2 Å². The predicted molar refractivity (Wildman–Crippen MR) is 39.2 cm³/mol. The van der Waals surface area contributed by atoms with Crippen molar-refractivity contribution in [3.8, 4) is 0 Å². The third-order valence-corrected chi connectivity index (χ3v) is 1.77. The first-order valence-corrected chi connectivity index (χ1v) is 3.43. The number of dihydropyridines is 1. The summed E-state index contributed by atoms with van der Waals surface area (Å²) < 4.78 is 11.3. The maximum absolute atomic E-state index is 12.2. The molecule has 0 aromatic rings. The lowest BCUT2D eigenvalue weighted by molar-refractivity contribution is -0.109. The molecule has 2 nitrogen and oxygen atoms in total. The van der Waals surface area contributed by atoms with Gasteiger partial charge in [-0.3, -0.25) is 4.79 Å². The van der Waals surface area contributed by atoms with Gasteiger partial charge in [0.1, 0.15) is 5.83 Å². The lowest BCUT2D eigenvalue weighted by Gasteiger charge is -2.19. The van der Waals surface area contributed by atoms with E-state index in [1.807, 2.05) is 0 Å². The van der Waals surface area contributed by atoms with E-state index in [9.17, 15) is 9.18 Å². The maximum atomic E-state index is 12.2. The Morgan fingerprint density at radius 3 is 2.90 bits per heavy atom. The molecule has 54 valence electrons. The summed E-state index contributed by atoms with van der Waals surface area (Å²) >= 11 is 3.05. The molecule has 0 saturated heterocycles. The number of halogens is 2. The van der Waals surface area contributed by atoms with Crippen LogP contribution in [0.4, 0.5) is 4.39 Å². The molecule has 1 aliphatic heterocycles. The highest BCUT2D eigenvalue weighted by Crippen LogP contribution is 2.18. The molecule has 0 aromatic carbocycles. The van der Waals surface area contributed by atoms with Crippen LogP contribution < -0.4 is 5.32 Å². The van der Waals surface area contributed by atoms with Crippen molar-refractivity contribution >= 4 is 22.2 Å². The Hall–Kier alpha value is -0.640. The van der Waals surface area contributed by atoms with Gasteiger partial charge in [-0.1, -0.05) is 0 Å². The predicted octanol–water partition coefficient (Wildman–Crippen LogP) is 1.25. The summed E-state index contributed by atoms with van der Waals surface area (Å²) in [6, 6.07) is 0. The molecular weight excluding hydrogens is 201 g/mol. The van der Waals surface area contributed by atoms with Gasteiger partial charge in [-0.15, -0.1) is 0 Å². The number of rotatable bonds is 1. The minimum Gasteiger partial charge on any atom is -0.365 e. The highest BCUT2D eigenvalue weighted by Gasteiger charge is 2.22. The fourth-order valence-corrected chi connectivity index (χ4v) is 0.797. The van der Waals surface area contributed by atoms with Crippen molar-refractivity contribution in [3.05, 3.63) is 24.2 Å². The quantitative estimate of drug-likeness (QED) is 0.397. The molecule has 0 bridgehead atoms. The summed E-state index contributed by atoms with van der Waals surface area (Å²) in [6.45, 7) is 0. The molecule has 1 rings (SSSR count). The van der Waals surface area contributed by atoms with Crippen LogP contribution in [0.5, 0.6) is 0 Å². The molecule has 0 aromatic heterocycles. The lowest BCUT2D eigenvalue weighted by atomic mass is 10.2. The second kappa shape index (κ2) is 2.54. The number of aldehydes is 1. The van der Waals surface area contributed by atoms with Gasteiger partial charge in [0.05, 0.1) is 0 Å². The topological polar surface area (TPSA) is 29.1 Å². The first-order valence-electron chi connectivity index (χ1n) is 2.64. The van der Waals surface area contributed by atoms with Crippen LogP contribution in [-0.2, 0) is 4.79 Å². The summed E-state index contributed by atoms with van der Waals surface area (Å²) in [6.07, 6.45) is 4.39. The van der Waals surface area contributed by atoms with Crippen molar-refractivity contribution in [2.75, 3.05) is 0 Å². The molecule has 1 heterocycles. The van der Waals surface area contributed by atoms with Gasteiger partial charge in [0, 0.05) is 6.20 Å². The molecule has 0 saturated carbocycles. The van der Waals surface area contributed by atoms with E-state index in [0.29, 0.717) is 6.29 Å². The van der Waals surface area contributed by atoms with Gasteiger partial charge in [0.25, 0.3) is 0 Å². The molecule has 0 spiro atoms. The Morgan fingerprint density at radius 2 is 2.50 bits per heavy atom. The second-order valence-electron chi connectivity index (χ2n) is 1.89. The van der Waals surface area contributed by atoms with E-state index < -0.39 is 10.3 Å². The number of hydrogen-bond acceptors (Lipinski definition) is 2. The van der Waals surface area contributed by atoms with Crippen molar-refractivity contribution in [2.45, 2.75) is 4.45 Å². The molecule has 1 unspecified atom stereocenters. The van der Waals surface area contributed by atoms with Crippen LogP contribution >= 0.6 is 15.9 Å². The van der Waals surface area contributed by atoms with Crippen molar-refractivity contribution < 1.29 is 9.18 Å². The minimum absolute atomic E-state index is 0.392. The third-order valence-electron chi connectivity index (χ3n) is 1.09. The van der Waals surface area contributed by atoms with Crippen molar-refractivity contribution in [3.63, 3.8) is 0 Å². The second-order valence-corrected chi connectivity index (χ2v) is 3.20. The Bertz CT molecular complexity index is 214. The average Bonchev–Trinajstić information content (AvgIpc) is 1.96. The van der Waals surface area contributed by atoms with E-state index >= 15 is 0 Å². The molecule has 1 atom stereocenters. The van der Waals surface area contributed by atoms with Crippen LogP contribution in [-0.4, -0.2) is 10.7 Å². The molecule has 0 fully saturated rings. The van der Waals surface area contributed by atoms with Gasteiger partial charge in [0.15, 0.2) is 10.7 Å². The molecule has 4 heteroatoms. The fourth-order valence-electron chi connectivity index (χ4n) is 0.550. The first kappa shape index (κ1) is 7.47. The Balaban J connectivity index is 2.76. The van der Waals surface area contributed by atoms with Crippen LogP contribution in [0.25, 0.3) is 0 Å². The van der Waals surface area contributed by atoms with Crippen molar-refractivity contribution in [1.29, 1.82) is 0 Å². The standard InChI is InChI=1S/C6H5BrFNO/c7-6(4-10)2-1-5(8)3-9-6/h1-4,9H. The molecular formula is C6H5BrFNO. The van der Waals surface area contributed by atoms with Gasteiger partial charge >= 0.3 is 0 Å². The van der Waals surface area contributed by atoms with Gasteiger partial charge in [-0.25, -0.2) is 4.39 Å². The highest BCUT2D eigenvalue weighted by atomic mass is 79.9. The normalized spacial score (nSPS) is 30.8. The number of nitrogens with one attached hydrogen (secondary N) is 1. The van der Waals surface area contributed by atoms with E-state index in [0.717, 1.165) is 6.20 Å². The Morgan fingerprint density at radius 1 is 1.80 bits per heavy atom. The monoisotopic (exact) mass is 205 g/mol. The van der Waals surface area contributed by atoms with E-state index in [-0.39, 0.29) is 0 Å². The summed E-state index contributed by atoms with van der Waals surface area (Å²) in [7, 11) is 0. The lowest BCUT2D eigenvalue weighted by Crippen LogP contribution is -2.36. The summed E-state index contributed by atoms with van der Waals surface area (Å²) in [5.74, 6) is -0.392. The van der Waals surface area contributed by atoms with Gasteiger partial charge < -0.3 is 5.32 Å². The minimum atomic E-state index is -0.914. The fraction of sp³-hybridized carbons (Fsp3) is 0.167. The van der Waals surface area contributed by atoms with E-state index in [4.69, 9.17) is 0 Å². The Kier molecular flexibility index (Phi) is 1.89. The molecule has 0 amide bonds. The van der Waals surface area contributed by atoms with Crippen LogP contribution in [0.1, 0.15) is 0 Å². The summed E-state index contributed by atoms with van der Waals surface area (Å²) in [4.78, 5) is 10.3. The number of carbonyl (C=O) groups excluding carboxylic acids is 1. The van der Waals surface area contributed by atoms with Crippen molar-refractivity contribution in [1.82, 2.24) is 5.32 Å². The molecule has 1 N–H and O–H groups in total. The zero-order valence-corrected chi connectivity index (χ0v) is 6.56. The number of hydrogen-bond donors (Lipinski definition) is 1. The molecule has 1 aliphatic rings. The maximum Gasteiger partial charge on any atom is 0.168 e. The Labute approximate surface area is 65.9 Å². The van der Waals surface area contributed by atoms with E-state index in [2.05, 4.69) is 21.2 Å². The van der Waals surface area contributed by atoms with Crippen LogP contribution in [0.3, 0.4) is 0 Å². The summed E-state index contributed by atoms with van der Waals surface area (Å²) in [5.41, 5.74) is 0. The molecule has 0 radical (unpaired) electrons. The SMILES string of the molecule is O=CC1(Br)C=CC(F)=CN1. The first-order chi connectivity index (χ1) is 4.66. The molecule has 10 heavy (non-hydrogen) atoms. The van der Waals surface area contributed by atoms with Crippen LogP contribution in [0, 0.1) is 0 Å². The number of allylic oxidation sites excluding steroid dienone is 2. The van der Waals surface area contributed by atoms with Gasteiger partial charge in [-0.05, 0) is 28.1 Å². The number of alkyl halides is 1. The largest absolute Gasteiger partial charge is 0.365 e. The van der Waals surface area contributed by atoms with Gasteiger partial charge in [-0.2, -0.15) is 0 Å². The third kappa shape index (κ3) is 1.44. The molecule has 0 aliphatic carbocycles. The smallest absolute Gasteiger partial charge is 0.168 e. The number of carbonyl (C=O) groups is 1. The zero-order chi connectivity index (χ0) is 7.61.